The van der Waals surface area contributed by atoms with E-state index in [0.29, 0.717) is 17.2 Å². The summed E-state index contributed by atoms with van der Waals surface area (Å²) in [6, 6.07) is 5.78. The number of benzene rings is 1. The Morgan fingerprint density at radius 1 is 1.35 bits per heavy atom. The Kier molecular flexibility index (Phi) is 3.68. The lowest BCUT2D eigenvalue weighted by molar-refractivity contribution is 0.626. The highest BCUT2D eigenvalue weighted by atomic mass is 32.2. The van der Waals surface area contributed by atoms with Crippen LogP contribution in [0.5, 0.6) is 0 Å². The molecule has 17 heavy (non-hydrogen) atoms. The number of aryl methyl sites for hydroxylation is 2. The van der Waals surface area contributed by atoms with Crippen molar-refractivity contribution in [3.05, 3.63) is 48.3 Å². The van der Waals surface area contributed by atoms with Crippen LogP contribution in [0.15, 0.2) is 41.6 Å². The van der Waals surface area contributed by atoms with Crippen molar-refractivity contribution < 1.29 is 8.60 Å². The Bertz CT molecular complexity index is 522. The molecule has 2 rings (SSSR count). The summed E-state index contributed by atoms with van der Waals surface area (Å²) in [6.07, 6.45) is 3.58. The van der Waals surface area contributed by atoms with Crippen LogP contribution in [-0.4, -0.2) is 19.5 Å². The maximum Gasteiger partial charge on any atom is 0.123 e. The fourth-order valence-electron chi connectivity index (χ4n) is 1.53. The summed E-state index contributed by atoms with van der Waals surface area (Å²) >= 11 is 0. The minimum absolute atomic E-state index is 0.309. The first-order valence-electron chi connectivity index (χ1n) is 5.28. The second-order valence-corrected chi connectivity index (χ2v) is 5.24. The number of halogens is 1. The van der Waals surface area contributed by atoms with Crippen LogP contribution in [0.25, 0.3) is 0 Å². The van der Waals surface area contributed by atoms with E-state index in [1.807, 2.05) is 17.7 Å². The van der Waals surface area contributed by atoms with E-state index >= 15 is 0 Å². The van der Waals surface area contributed by atoms with Crippen LogP contribution in [-0.2, 0) is 17.3 Å². The molecule has 0 saturated heterocycles. The average molecular weight is 252 g/mol. The molecule has 0 bridgehead atoms. The van der Waals surface area contributed by atoms with Gasteiger partial charge in [0.15, 0.2) is 0 Å². The molecule has 1 aromatic carbocycles. The molecular formula is C12H13FN2OS. The third-order valence-corrected chi connectivity index (χ3v) is 3.87. The molecule has 90 valence electrons. The van der Waals surface area contributed by atoms with E-state index < -0.39 is 10.8 Å². The van der Waals surface area contributed by atoms with Crippen molar-refractivity contribution >= 4 is 10.8 Å². The highest BCUT2D eigenvalue weighted by Crippen LogP contribution is 2.09. The first-order valence-corrected chi connectivity index (χ1v) is 6.60. The van der Waals surface area contributed by atoms with Crippen LogP contribution in [0.2, 0.25) is 0 Å². The minimum atomic E-state index is -1.10. The Hall–Kier alpha value is -1.49. The molecule has 0 N–H and O–H groups in total. The fraction of sp³-hybridized carbons (Fsp3) is 0.250. The predicted molar refractivity (Wildman–Crippen MR) is 64.6 cm³/mol. The molecule has 3 nitrogen and oxygen atoms in total. The quantitative estimate of drug-likeness (QED) is 0.835. The summed E-state index contributed by atoms with van der Waals surface area (Å²) in [4.78, 5) is 4.75. The molecule has 1 aromatic heterocycles. The SMILES string of the molecule is Cc1nccn1CCS(=O)c1ccc(F)cc1. The maximum absolute atomic E-state index is 12.7. The highest BCUT2D eigenvalue weighted by Gasteiger charge is 2.05. The maximum atomic E-state index is 12.7. The van der Waals surface area contributed by atoms with E-state index in [1.54, 1.807) is 18.3 Å². The molecule has 1 heterocycles. The molecular weight excluding hydrogens is 239 g/mol. The van der Waals surface area contributed by atoms with E-state index in [2.05, 4.69) is 4.98 Å². The summed E-state index contributed by atoms with van der Waals surface area (Å²) < 4.78 is 26.6. The molecule has 5 heteroatoms. The largest absolute Gasteiger partial charge is 0.334 e. The molecule has 0 spiro atoms. The van der Waals surface area contributed by atoms with Crippen molar-refractivity contribution in [2.75, 3.05) is 5.75 Å². The third-order valence-electron chi connectivity index (χ3n) is 2.52. The second kappa shape index (κ2) is 5.23. The van der Waals surface area contributed by atoms with Gasteiger partial charge in [-0.3, -0.25) is 4.21 Å². The minimum Gasteiger partial charge on any atom is -0.334 e. The van der Waals surface area contributed by atoms with Crippen molar-refractivity contribution in [1.82, 2.24) is 9.55 Å². The number of nitrogens with zero attached hydrogens (tertiary/aromatic N) is 2. The molecule has 0 aliphatic heterocycles. The fourth-order valence-corrected chi connectivity index (χ4v) is 2.56. The van der Waals surface area contributed by atoms with Crippen molar-refractivity contribution in [3.8, 4) is 0 Å². The van der Waals surface area contributed by atoms with Gasteiger partial charge in [0.25, 0.3) is 0 Å². The van der Waals surface area contributed by atoms with Gasteiger partial charge in [0, 0.05) is 29.6 Å². The van der Waals surface area contributed by atoms with Gasteiger partial charge in [0.2, 0.25) is 0 Å². The van der Waals surface area contributed by atoms with E-state index in [1.165, 1.54) is 12.1 Å². The van der Waals surface area contributed by atoms with Crippen LogP contribution < -0.4 is 0 Å². The van der Waals surface area contributed by atoms with Crippen molar-refractivity contribution in [1.29, 1.82) is 0 Å². The number of aromatic nitrogens is 2. The summed E-state index contributed by atoms with van der Waals surface area (Å²) in [7, 11) is -1.10. The van der Waals surface area contributed by atoms with Gasteiger partial charge in [-0.2, -0.15) is 0 Å². The van der Waals surface area contributed by atoms with E-state index in [9.17, 15) is 8.60 Å². The summed E-state index contributed by atoms with van der Waals surface area (Å²) in [5.41, 5.74) is 0. The molecule has 2 aromatic rings. The lowest BCUT2D eigenvalue weighted by Crippen LogP contribution is -2.08. The number of hydrogen-bond acceptors (Lipinski definition) is 2. The first kappa shape index (κ1) is 12.0. The molecule has 0 fully saturated rings. The van der Waals surface area contributed by atoms with Crippen LogP contribution in [0, 0.1) is 12.7 Å². The van der Waals surface area contributed by atoms with Gasteiger partial charge in [-0.05, 0) is 31.2 Å². The van der Waals surface area contributed by atoms with Gasteiger partial charge in [-0.25, -0.2) is 9.37 Å². The molecule has 0 aliphatic carbocycles. The normalized spacial score (nSPS) is 12.6. The standard InChI is InChI=1S/C12H13FN2OS/c1-10-14-6-7-15(10)8-9-17(16)12-4-2-11(13)3-5-12/h2-7H,8-9H2,1H3. The topological polar surface area (TPSA) is 34.9 Å². The van der Waals surface area contributed by atoms with Crippen LogP contribution >= 0.6 is 0 Å². The van der Waals surface area contributed by atoms with Crippen molar-refractivity contribution in [2.45, 2.75) is 18.4 Å². The Labute approximate surface area is 102 Å². The molecule has 1 atom stereocenters. The van der Waals surface area contributed by atoms with Gasteiger partial charge in [-0.1, -0.05) is 0 Å². The Morgan fingerprint density at radius 3 is 2.65 bits per heavy atom. The highest BCUT2D eigenvalue weighted by molar-refractivity contribution is 7.85. The van der Waals surface area contributed by atoms with Crippen molar-refractivity contribution in [2.24, 2.45) is 0 Å². The molecule has 0 aliphatic rings. The van der Waals surface area contributed by atoms with Crippen LogP contribution in [0.4, 0.5) is 4.39 Å². The molecule has 0 amide bonds. The summed E-state index contributed by atoms with van der Waals surface area (Å²) in [5, 5.41) is 0. The molecule has 0 radical (unpaired) electrons. The van der Waals surface area contributed by atoms with E-state index in [-0.39, 0.29) is 5.82 Å². The zero-order chi connectivity index (χ0) is 12.3. The van der Waals surface area contributed by atoms with Gasteiger partial charge in [0.05, 0.1) is 10.8 Å². The van der Waals surface area contributed by atoms with Gasteiger partial charge < -0.3 is 4.57 Å². The Balaban J connectivity index is 1.98. The smallest absolute Gasteiger partial charge is 0.123 e. The average Bonchev–Trinajstić information content (AvgIpc) is 2.73. The second-order valence-electron chi connectivity index (χ2n) is 3.67. The number of rotatable bonds is 4. The molecule has 0 saturated carbocycles. The summed E-state index contributed by atoms with van der Waals surface area (Å²) in [6.45, 7) is 2.55. The van der Waals surface area contributed by atoms with Gasteiger partial charge >= 0.3 is 0 Å². The first-order chi connectivity index (χ1) is 8.16. The van der Waals surface area contributed by atoms with Crippen LogP contribution in [0.3, 0.4) is 0 Å². The summed E-state index contributed by atoms with van der Waals surface area (Å²) in [5.74, 6) is 1.10. The van der Waals surface area contributed by atoms with Gasteiger partial charge in [-0.15, -0.1) is 0 Å². The Morgan fingerprint density at radius 2 is 2.06 bits per heavy atom. The lowest BCUT2D eigenvalue weighted by atomic mass is 10.4. The lowest BCUT2D eigenvalue weighted by Gasteiger charge is -2.05. The predicted octanol–water partition coefficient (Wildman–Crippen LogP) is 2.14. The van der Waals surface area contributed by atoms with Crippen LogP contribution in [0.1, 0.15) is 5.82 Å². The van der Waals surface area contributed by atoms with Gasteiger partial charge in [0.1, 0.15) is 11.6 Å². The van der Waals surface area contributed by atoms with Crippen molar-refractivity contribution in [3.63, 3.8) is 0 Å². The number of hydrogen-bond donors (Lipinski definition) is 0. The zero-order valence-corrected chi connectivity index (χ0v) is 10.3. The molecule has 1 unspecified atom stereocenters. The monoisotopic (exact) mass is 252 g/mol. The number of imidazole rings is 1. The van der Waals surface area contributed by atoms with E-state index in [0.717, 1.165) is 5.82 Å². The third kappa shape index (κ3) is 3.00. The van der Waals surface area contributed by atoms with E-state index in [4.69, 9.17) is 0 Å². The zero-order valence-electron chi connectivity index (χ0n) is 9.47.